The Morgan fingerprint density at radius 3 is 1.27 bits per heavy atom. The second-order valence-corrected chi connectivity index (χ2v) is 21.7. The van der Waals surface area contributed by atoms with Crippen LogP contribution in [0.25, 0.3) is 0 Å². The smallest absolute Gasteiger partial charge is 0.252 e. The first kappa shape index (κ1) is 33.5. The summed E-state index contributed by atoms with van der Waals surface area (Å²) in [6, 6.07) is 38.3. The maximum absolute atomic E-state index is 2.63. The van der Waals surface area contributed by atoms with Gasteiger partial charge in [0.1, 0.15) is 0 Å². The summed E-state index contributed by atoms with van der Waals surface area (Å²) in [6.45, 7) is 26.1. The predicted molar refractivity (Wildman–Crippen MR) is 220 cm³/mol. The molecule has 0 aromatic heterocycles. The minimum Gasteiger partial charge on any atom is -0.312 e. The molecule has 2 aliphatic rings. The molecule has 0 atom stereocenters. The highest BCUT2D eigenvalue weighted by Gasteiger charge is 2.45. The summed E-state index contributed by atoms with van der Waals surface area (Å²) in [5.74, 6) is 1.87. The Morgan fingerprint density at radius 1 is 0.449 bits per heavy atom. The van der Waals surface area contributed by atoms with Crippen LogP contribution in [0.2, 0.25) is 19.6 Å². The lowest BCUT2D eigenvalue weighted by atomic mass is 9.33. The maximum Gasteiger partial charge on any atom is 0.252 e. The Hall–Kier alpha value is -4.02. The molecule has 0 fully saturated rings. The molecule has 0 spiro atoms. The minimum absolute atomic E-state index is 0.140. The molecule has 0 N–H and O–H groups in total. The zero-order valence-corrected chi connectivity index (χ0v) is 32.5. The fourth-order valence-corrected chi connectivity index (χ4v) is 9.49. The molecular weight excluding hydrogens is 607 g/mol. The Kier molecular flexibility index (Phi) is 8.46. The van der Waals surface area contributed by atoms with Gasteiger partial charge in [0.05, 0.1) is 8.07 Å². The van der Waals surface area contributed by atoms with Gasteiger partial charge in [-0.15, -0.1) is 0 Å². The molecule has 0 saturated heterocycles. The molecule has 0 radical (unpaired) electrons. The molecule has 0 amide bonds. The van der Waals surface area contributed by atoms with Crippen LogP contribution < -0.4 is 31.4 Å². The minimum atomic E-state index is -1.81. The van der Waals surface area contributed by atoms with Gasteiger partial charge in [0.2, 0.25) is 0 Å². The molecule has 49 heavy (non-hydrogen) atoms. The van der Waals surface area contributed by atoms with Gasteiger partial charge in [-0.05, 0) is 110 Å². The lowest BCUT2D eigenvalue weighted by Gasteiger charge is -2.46. The molecule has 5 aromatic carbocycles. The van der Waals surface area contributed by atoms with E-state index in [9.17, 15) is 0 Å². The second kappa shape index (κ2) is 12.4. The Balaban J connectivity index is 1.61. The molecule has 5 aromatic rings. The number of rotatable bonds is 7. The summed E-state index contributed by atoms with van der Waals surface area (Å²) in [7, 11) is -1.81. The molecule has 2 aliphatic heterocycles. The SMILES string of the molecule is CC(C)c1ccc(N2c3ccc(C(C)C)cc3B3c4cc(C(C)C)ccc4N(c4ccc(C(C)C)cc4)c4c([Si](C)(C)C)ccc2c43)cc1. The van der Waals surface area contributed by atoms with Crippen LogP contribution in [0, 0.1) is 0 Å². The van der Waals surface area contributed by atoms with Crippen LogP contribution in [0.1, 0.15) is 101 Å². The Bertz CT molecular complexity index is 2000. The summed E-state index contributed by atoms with van der Waals surface area (Å²) >= 11 is 0. The summed E-state index contributed by atoms with van der Waals surface area (Å²) in [6.07, 6.45) is 0. The Labute approximate surface area is 297 Å². The summed E-state index contributed by atoms with van der Waals surface area (Å²) < 4.78 is 0. The van der Waals surface area contributed by atoms with Crippen molar-refractivity contribution in [2.45, 2.75) is 98.7 Å². The first-order chi connectivity index (χ1) is 23.3. The molecule has 0 unspecified atom stereocenters. The van der Waals surface area contributed by atoms with Crippen LogP contribution >= 0.6 is 0 Å². The van der Waals surface area contributed by atoms with Crippen molar-refractivity contribution in [3.05, 3.63) is 119 Å². The fourth-order valence-electron chi connectivity index (χ4n) is 7.95. The van der Waals surface area contributed by atoms with E-state index in [1.54, 1.807) is 0 Å². The van der Waals surface area contributed by atoms with Gasteiger partial charge >= 0.3 is 0 Å². The largest absolute Gasteiger partial charge is 0.312 e. The van der Waals surface area contributed by atoms with Crippen LogP contribution in [-0.2, 0) is 0 Å². The Morgan fingerprint density at radius 2 is 0.837 bits per heavy atom. The van der Waals surface area contributed by atoms with Gasteiger partial charge in [-0.3, -0.25) is 0 Å². The van der Waals surface area contributed by atoms with Crippen LogP contribution in [0.15, 0.2) is 97.1 Å². The molecule has 0 bridgehead atoms. The summed E-state index contributed by atoms with van der Waals surface area (Å²) in [5, 5.41) is 1.52. The van der Waals surface area contributed by atoms with Crippen LogP contribution in [0.5, 0.6) is 0 Å². The first-order valence-electron chi connectivity index (χ1n) is 18.5. The molecule has 250 valence electrons. The molecule has 2 heterocycles. The van der Waals surface area contributed by atoms with Gasteiger partial charge in [-0.1, -0.05) is 130 Å². The molecule has 4 heteroatoms. The van der Waals surface area contributed by atoms with E-state index >= 15 is 0 Å². The van der Waals surface area contributed by atoms with Crippen molar-refractivity contribution < 1.29 is 0 Å². The van der Waals surface area contributed by atoms with E-state index in [0.717, 1.165) is 0 Å². The monoisotopic (exact) mass is 660 g/mol. The van der Waals surface area contributed by atoms with E-state index in [2.05, 4.69) is 182 Å². The van der Waals surface area contributed by atoms with E-state index in [0.29, 0.717) is 23.7 Å². The number of fused-ring (bicyclic) bond motifs is 4. The number of nitrogens with zero attached hydrogens (tertiary/aromatic N) is 2. The number of hydrogen-bond donors (Lipinski definition) is 0. The predicted octanol–water partition coefficient (Wildman–Crippen LogP) is 10.8. The molecule has 0 saturated carbocycles. The second-order valence-electron chi connectivity index (χ2n) is 16.7. The third-order valence-electron chi connectivity index (χ3n) is 10.9. The van der Waals surface area contributed by atoms with Gasteiger partial charge in [-0.2, -0.15) is 0 Å². The van der Waals surface area contributed by atoms with Crippen molar-refractivity contribution in [1.82, 2.24) is 0 Å². The highest BCUT2D eigenvalue weighted by molar-refractivity contribution is 7.01. The fraction of sp³-hybridized carbons (Fsp3) is 0.333. The van der Waals surface area contributed by atoms with E-state index in [-0.39, 0.29) is 6.71 Å². The van der Waals surface area contributed by atoms with Crippen molar-refractivity contribution in [2.75, 3.05) is 9.80 Å². The number of anilines is 6. The van der Waals surface area contributed by atoms with Crippen molar-refractivity contribution in [1.29, 1.82) is 0 Å². The van der Waals surface area contributed by atoms with Gasteiger partial charge in [0, 0.05) is 34.1 Å². The number of hydrogen-bond acceptors (Lipinski definition) is 2. The van der Waals surface area contributed by atoms with Crippen molar-refractivity contribution >= 4 is 70.5 Å². The average molecular weight is 661 g/mol. The zero-order chi connectivity index (χ0) is 34.9. The molecule has 0 aliphatic carbocycles. The van der Waals surface area contributed by atoms with Crippen LogP contribution in [-0.4, -0.2) is 14.8 Å². The molecular formula is C45H53BN2Si. The van der Waals surface area contributed by atoms with Crippen LogP contribution in [0.3, 0.4) is 0 Å². The standard InChI is InChI=1S/C45H53BN2Si/c1-28(2)32-12-18-36(19-13-32)47-40-22-16-34(30(5)6)26-38(40)46-39-27-35(31(7)8)17-23-41(39)48(37-20-14-33(15-21-37)29(3)4)45-43(49(9,10)11)25-24-42(47)44(45)46/h12-31H,1-11H3. The quantitative estimate of drug-likeness (QED) is 0.157. The average Bonchev–Trinajstić information content (AvgIpc) is 3.07. The third kappa shape index (κ3) is 5.66. The van der Waals surface area contributed by atoms with Crippen molar-refractivity contribution in [3.8, 4) is 0 Å². The third-order valence-corrected chi connectivity index (χ3v) is 13.0. The van der Waals surface area contributed by atoms with Gasteiger partial charge in [0.15, 0.2) is 0 Å². The molecule has 2 nitrogen and oxygen atoms in total. The van der Waals surface area contributed by atoms with Crippen molar-refractivity contribution in [3.63, 3.8) is 0 Å². The normalized spacial score (nSPS) is 13.8. The highest BCUT2D eigenvalue weighted by Crippen LogP contribution is 2.45. The summed E-state index contributed by atoms with van der Waals surface area (Å²) in [5.41, 5.74) is 17.6. The van der Waals surface area contributed by atoms with Crippen LogP contribution in [0.4, 0.5) is 34.1 Å². The van der Waals surface area contributed by atoms with Gasteiger partial charge in [-0.25, -0.2) is 0 Å². The number of benzene rings is 5. The lowest BCUT2D eigenvalue weighted by molar-refractivity contribution is 0.866. The zero-order valence-electron chi connectivity index (χ0n) is 31.5. The van der Waals surface area contributed by atoms with E-state index < -0.39 is 8.07 Å². The van der Waals surface area contributed by atoms with E-state index in [4.69, 9.17) is 0 Å². The van der Waals surface area contributed by atoms with E-state index in [1.165, 1.54) is 78.0 Å². The van der Waals surface area contributed by atoms with Crippen molar-refractivity contribution in [2.24, 2.45) is 0 Å². The molecule has 7 rings (SSSR count). The highest BCUT2D eigenvalue weighted by atomic mass is 28.3. The van der Waals surface area contributed by atoms with Gasteiger partial charge in [0.25, 0.3) is 6.71 Å². The first-order valence-corrected chi connectivity index (χ1v) is 22.0. The summed E-state index contributed by atoms with van der Waals surface area (Å²) in [4.78, 5) is 5.19. The van der Waals surface area contributed by atoms with Gasteiger partial charge < -0.3 is 9.80 Å². The van der Waals surface area contributed by atoms with E-state index in [1.807, 2.05) is 0 Å². The lowest BCUT2D eigenvalue weighted by Crippen LogP contribution is -2.63. The topological polar surface area (TPSA) is 6.48 Å². The maximum atomic E-state index is 2.63.